The lowest BCUT2D eigenvalue weighted by Crippen LogP contribution is -2.28. The third-order valence-electron chi connectivity index (χ3n) is 6.62. The van der Waals surface area contributed by atoms with E-state index >= 15 is 0 Å². The predicted molar refractivity (Wildman–Crippen MR) is 129 cm³/mol. The van der Waals surface area contributed by atoms with Gasteiger partial charge in [-0.2, -0.15) is 0 Å². The van der Waals surface area contributed by atoms with E-state index in [0.717, 1.165) is 82.2 Å². The lowest BCUT2D eigenvalue weighted by Gasteiger charge is -2.25. The van der Waals surface area contributed by atoms with Crippen molar-refractivity contribution in [3.63, 3.8) is 0 Å². The summed E-state index contributed by atoms with van der Waals surface area (Å²) in [6.07, 6.45) is 5.60. The van der Waals surface area contributed by atoms with Gasteiger partial charge < -0.3 is 14.6 Å². The zero-order valence-corrected chi connectivity index (χ0v) is 19.4. The number of pyridine rings is 1. The van der Waals surface area contributed by atoms with Gasteiger partial charge in [0.25, 0.3) is 0 Å². The van der Waals surface area contributed by atoms with Gasteiger partial charge in [0.1, 0.15) is 29.8 Å². The first kappa shape index (κ1) is 20.1. The summed E-state index contributed by atoms with van der Waals surface area (Å²) < 4.78 is 6.14. The molecule has 7 heteroatoms. The summed E-state index contributed by atoms with van der Waals surface area (Å²) in [5, 5.41) is 0. The van der Waals surface area contributed by atoms with Crippen LogP contribution in [0, 0.1) is 26.7 Å². The molecule has 33 heavy (non-hydrogen) atoms. The van der Waals surface area contributed by atoms with Crippen LogP contribution in [-0.4, -0.2) is 38.1 Å². The molecule has 4 aromatic rings. The van der Waals surface area contributed by atoms with Gasteiger partial charge in [0, 0.05) is 35.1 Å². The van der Waals surface area contributed by atoms with E-state index in [1.54, 1.807) is 0 Å². The van der Waals surface area contributed by atoms with Crippen LogP contribution in [0.1, 0.15) is 41.3 Å². The Kier molecular flexibility index (Phi) is 4.78. The highest BCUT2D eigenvalue weighted by molar-refractivity contribution is 5.78. The molecule has 0 radical (unpaired) electrons. The summed E-state index contributed by atoms with van der Waals surface area (Å²) in [6, 6.07) is 8.53. The van der Waals surface area contributed by atoms with E-state index in [0.29, 0.717) is 6.61 Å². The molecule has 1 aromatic carbocycles. The number of hydrogen-bond donors (Lipinski definition) is 1. The van der Waals surface area contributed by atoms with Crippen molar-refractivity contribution >= 4 is 17.0 Å². The molecule has 7 nitrogen and oxygen atoms in total. The van der Waals surface area contributed by atoms with Crippen molar-refractivity contribution in [3.8, 4) is 16.9 Å². The van der Waals surface area contributed by atoms with Crippen molar-refractivity contribution < 1.29 is 4.74 Å². The molecular formula is C26H28N6O. The average molecular weight is 441 g/mol. The molecule has 1 aliphatic carbocycles. The Morgan fingerprint density at radius 2 is 1.94 bits per heavy atom. The van der Waals surface area contributed by atoms with Gasteiger partial charge in [-0.25, -0.2) is 19.9 Å². The van der Waals surface area contributed by atoms with Crippen LogP contribution in [0.4, 0.5) is 5.82 Å². The van der Waals surface area contributed by atoms with Gasteiger partial charge in [-0.05, 0) is 69.7 Å². The number of nitrogens with zero attached hydrogens (tertiary/aromatic N) is 5. The minimum Gasteiger partial charge on any atom is -0.491 e. The molecule has 1 aliphatic heterocycles. The highest BCUT2D eigenvalue weighted by Gasteiger charge is 2.27. The highest BCUT2D eigenvalue weighted by atomic mass is 16.5. The largest absolute Gasteiger partial charge is 0.491 e. The normalized spacial score (nSPS) is 15.9. The van der Waals surface area contributed by atoms with Gasteiger partial charge in [0.05, 0.1) is 12.1 Å². The van der Waals surface area contributed by atoms with Crippen LogP contribution in [0.5, 0.6) is 5.75 Å². The molecule has 0 amide bonds. The topological polar surface area (TPSA) is 79.8 Å². The van der Waals surface area contributed by atoms with Crippen LogP contribution >= 0.6 is 0 Å². The molecule has 0 bridgehead atoms. The quantitative estimate of drug-likeness (QED) is 0.496. The average Bonchev–Trinajstić information content (AvgIpc) is 3.56. The summed E-state index contributed by atoms with van der Waals surface area (Å²) in [4.78, 5) is 24.2. The second kappa shape index (κ2) is 7.83. The maximum atomic E-state index is 6.14. The van der Waals surface area contributed by atoms with Gasteiger partial charge in [0.15, 0.2) is 5.65 Å². The minimum absolute atomic E-state index is 0.637. The Bertz CT molecular complexity index is 1360. The monoisotopic (exact) mass is 440 g/mol. The number of H-pyrrole nitrogens is 1. The zero-order chi connectivity index (χ0) is 22.5. The van der Waals surface area contributed by atoms with E-state index in [9.17, 15) is 0 Å². The molecule has 1 fully saturated rings. The van der Waals surface area contributed by atoms with E-state index in [1.807, 2.05) is 20.0 Å². The lowest BCUT2D eigenvalue weighted by molar-refractivity contribution is 0.331. The second-order valence-corrected chi connectivity index (χ2v) is 9.32. The van der Waals surface area contributed by atoms with Crippen molar-refractivity contribution in [1.82, 2.24) is 24.9 Å². The fraction of sp³-hybridized carbons (Fsp3) is 0.385. The number of anilines is 1. The van der Waals surface area contributed by atoms with Crippen LogP contribution < -0.4 is 9.64 Å². The molecule has 168 valence electrons. The van der Waals surface area contributed by atoms with Crippen molar-refractivity contribution in [1.29, 1.82) is 0 Å². The molecule has 2 aliphatic rings. The van der Waals surface area contributed by atoms with Crippen LogP contribution in [0.15, 0.2) is 30.5 Å². The first-order valence-corrected chi connectivity index (χ1v) is 11.7. The van der Waals surface area contributed by atoms with E-state index in [1.165, 1.54) is 18.4 Å². The molecule has 0 spiro atoms. The fourth-order valence-corrected chi connectivity index (χ4v) is 4.76. The zero-order valence-electron chi connectivity index (χ0n) is 19.4. The summed E-state index contributed by atoms with van der Waals surface area (Å²) in [6.45, 7) is 8.25. The van der Waals surface area contributed by atoms with E-state index in [-0.39, 0.29) is 0 Å². The fourth-order valence-electron chi connectivity index (χ4n) is 4.76. The number of imidazole rings is 1. The van der Waals surface area contributed by atoms with Gasteiger partial charge in [0.2, 0.25) is 0 Å². The Morgan fingerprint density at radius 3 is 2.79 bits per heavy atom. The van der Waals surface area contributed by atoms with Crippen LogP contribution in [0.25, 0.3) is 22.3 Å². The second-order valence-electron chi connectivity index (χ2n) is 9.32. The number of benzene rings is 1. The summed E-state index contributed by atoms with van der Waals surface area (Å²) in [5.41, 5.74) is 7.46. The Labute approximate surface area is 193 Å². The first-order valence-electron chi connectivity index (χ1n) is 11.7. The van der Waals surface area contributed by atoms with Crippen LogP contribution in [0.2, 0.25) is 0 Å². The van der Waals surface area contributed by atoms with Crippen LogP contribution in [0.3, 0.4) is 0 Å². The first-order chi connectivity index (χ1) is 16.0. The third kappa shape index (κ3) is 3.92. The van der Waals surface area contributed by atoms with Crippen molar-refractivity contribution in [2.24, 2.45) is 5.92 Å². The summed E-state index contributed by atoms with van der Waals surface area (Å²) >= 11 is 0. The smallest absolute Gasteiger partial charge is 0.177 e. The molecular weight excluding hydrogens is 412 g/mol. The number of hydrogen-bond acceptors (Lipinski definition) is 6. The number of fused-ring (bicyclic) bond motifs is 2. The SMILES string of the molecule is Cc1nc(C)c(CC2CC2)c(N2CCOc3ccc(-c4cnc5nc(C)[nH]c5c4)cc3C2)n1. The van der Waals surface area contributed by atoms with E-state index < -0.39 is 0 Å². The number of aryl methyl sites for hydroxylation is 3. The molecule has 1 saturated carbocycles. The van der Waals surface area contributed by atoms with E-state index in [4.69, 9.17) is 9.72 Å². The summed E-state index contributed by atoms with van der Waals surface area (Å²) in [7, 11) is 0. The molecule has 0 atom stereocenters. The van der Waals surface area contributed by atoms with Crippen molar-refractivity contribution in [2.75, 3.05) is 18.1 Å². The molecule has 0 unspecified atom stereocenters. The molecule has 1 N–H and O–H groups in total. The standard InChI is InChI=1S/C26H28N6O/c1-15-22(10-18-4-5-18)26(31-16(2)28-15)32-8-9-33-24-7-6-19(11-21(24)14-32)20-12-23-25(27-13-20)30-17(3)29-23/h6-7,11-13,18H,4-5,8-10,14H2,1-3H3,(H,27,29,30). The number of nitrogens with one attached hydrogen (secondary N) is 1. The van der Waals surface area contributed by atoms with Crippen LogP contribution in [-0.2, 0) is 13.0 Å². The predicted octanol–water partition coefficient (Wildman–Crippen LogP) is 4.69. The maximum absolute atomic E-state index is 6.14. The highest BCUT2D eigenvalue weighted by Crippen LogP contribution is 2.37. The van der Waals surface area contributed by atoms with Gasteiger partial charge in [-0.15, -0.1) is 0 Å². The van der Waals surface area contributed by atoms with Gasteiger partial charge in [-0.1, -0.05) is 6.07 Å². The third-order valence-corrected chi connectivity index (χ3v) is 6.62. The lowest BCUT2D eigenvalue weighted by atomic mass is 10.0. The van der Waals surface area contributed by atoms with Gasteiger partial charge >= 0.3 is 0 Å². The Morgan fingerprint density at radius 1 is 1.06 bits per heavy atom. The molecule has 6 rings (SSSR count). The number of aromatic amines is 1. The Hall–Kier alpha value is -3.48. The molecule has 4 heterocycles. The molecule has 3 aromatic heterocycles. The summed E-state index contributed by atoms with van der Waals surface area (Å²) in [5.74, 6) is 4.50. The maximum Gasteiger partial charge on any atom is 0.177 e. The van der Waals surface area contributed by atoms with Crippen molar-refractivity contribution in [3.05, 3.63) is 58.9 Å². The van der Waals surface area contributed by atoms with E-state index in [2.05, 4.69) is 56.0 Å². The number of aromatic nitrogens is 5. The Balaban J connectivity index is 1.36. The van der Waals surface area contributed by atoms with Crippen molar-refractivity contribution in [2.45, 2.75) is 46.6 Å². The number of rotatable bonds is 4. The minimum atomic E-state index is 0.637. The molecule has 0 saturated heterocycles. The van der Waals surface area contributed by atoms with Gasteiger partial charge in [-0.3, -0.25) is 0 Å². The number of ether oxygens (including phenoxy) is 1.